The topological polar surface area (TPSA) is 93.3 Å². The summed E-state index contributed by atoms with van der Waals surface area (Å²) < 4.78 is 8.26. The number of rotatable bonds is 2. The molecule has 29 heavy (non-hydrogen) atoms. The largest absolute Gasteiger partial charge is 0.480 e. The number of H-pyrrole nitrogens is 1. The number of aromatic amines is 1. The smallest absolute Gasteiger partial charge is 0.162 e. The van der Waals surface area contributed by atoms with Gasteiger partial charge in [0.25, 0.3) is 0 Å². The van der Waals surface area contributed by atoms with Crippen LogP contribution in [0.4, 0.5) is 11.4 Å². The summed E-state index contributed by atoms with van der Waals surface area (Å²) in [6, 6.07) is 14.0. The number of nitrogens with zero attached hydrogens (tertiary/aromatic N) is 3. The van der Waals surface area contributed by atoms with Gasteiger partial charge < -0.3 is 25.2 Å². The molecule has 0 saturated carbocycles. The molecule has 0 saturated heterocycles. The van der Waals surface area contributed by atoms with Crippen LogP contribution in [0.1, 0.15) is 11.8 Å². The molecule has 0 amide bonds. The molecule has 1 atom stereocenters. The third-order valence-electron chi connectivity index (χ3n) is 5.31. The Morgan fingerprint density at radius 2 is 2.10 bits per heavy atom. The van der Waals surface area contributed by atoms with Crippen molar-refractivity contribution in [2.45, 2.75) is 6.10 Å². The highest BCUT2D eigenvalue weighted by Gasteiger charge is 2.26. The van der Waals surface area contributed by atoms with E-state index in [0.717, 1.165) is 39.6 Å². The first-order valence-corrected chi connectivity index (χ1v) is 9.46. The Kier molecular flexibility index (Phi) is 3.31. The number of anilines is 2. The highest BCUT2D eigenvalue weighted by atomic mass is 16.5. The predicted molar refractivity (Wildman–Crippen MR) is 113 cm³/mol. The van der Waals surface area contributed by atoms with Crippen molar-refractivity contribution in [2.24, 2.45) is 0 Å². The third kappa shape index (κ3) is 2.59. The van der Waals surface area contributed by atoms with Crippen molar-refractivity contribution in [1.29, 1.82) is 0 Å². The molecule has 0 spiro atoms. The van der Waals surface area contributed by atoms with Gasteiger partial charge in [-0.15, -0.1) is 0 Å². The van der Waals surface area contributed by atoms with Gasteiger partial charge in [-0.05, 0) is 35.7 Å². The first-order chi connectivity index (χ1) is 14.2. The lowest BCUT2D eigenvalue weighted by Gasteiger charge is -2.27. The van der Waals surface area contributed by atoms with Gasteiger partial charge in [-0.2, -0.15) is 0 Å². The lowest BCUT2D eigenvalue weighted by atomic mass is 10.1. The monoisotopic (exact) mass is 382 g/mol. The normalized spacial score (nSPS) is 15.8. The molecule has 4 heterocycles. The average molecular weight is 382 g/mol. The Labute approximate surface area is 166 Å². The fourth-order valence-corrected chi connectivity index (χ4v) is 3.86. The molecule has 7 nitrogen and oxygen atoms in total. The molecular weight excluding hydrogens is 364 g/mol. The maximum Gasteiger partial charge on any atom is 0.162 e. The number of aromatic nitrogens is 4. The maximum atomic E-state index is 6.26. The number of imidazole rings is 1. The number of nitrogens with one attached hydrogen (secondary N) is 2. The van der Waals surface area contributed by atoms with Gasteiger partial charge in [0.1, 0.15) is 11.4 Å². The lowest BCUT2D eigenvalue weighted by molar-refractivity contribution is 0.207. The highest BCUT2D eigenvalue weighted by molar-refractivity contribution is 5.84. The molecule has 4 N–H and O–H groups in total. The minimum absolute atomic E-state index is 0.259. The maximum absolute atomic E-state index is 6.26. The highest BCUT2D eigenvalue weighted by Crippen LogP contribution is 2.36. The molecule has 0 aliphatic carbocycles. The summed E-state index contributed by atoms with van der Waals surface area (Å²) in [4.78, 5) is 12.7. The van der Waals surface area contributed by atoms with Crippen LogP contribution in [0.3, 0.4) is 0 Å². The van der Waals surface area contributed by atoms with Crippen LogP contribution in [0.5, 0.6) is 5.75 Å². The van der Waals surface area contributed by atoms with Crippen molar-refractivity contribution in [3.63, 3.8) is 0 Å². The van der Waals surface area contributed by atoms with Crippen LogP contribution in [-0.2, 0) is 0 Å². The minimum atomic E-state index is -0.259. The minimum Gasteiger partial charge on any atom is -0.480 e. The summed E-state index contributed by atoms with van der Waals surface area (Å²) in [5, 5.41) is 4.58. The standard InChI is InChI=1S/C22H18N6O/c23-15-3-4-19-17(10-15)26-11-20(29-19)21-22-25-7-8-28(22)12-18(27-21)14-2-1-13-5-6-24-16(13)9-14/h1-10,12,20,24,26H,11,23H2. The van der Waals surface area contributed by atoms with Gasteiger partial charge in [-0.1, -0.05) is 12.1 Å². The van der Waals surface area contributed by atoms with Crippen LogP contribution in [0.15, 0.2) is 67.3 Å². The van der Waals surface area contributed by atoms with E-state index >= 15 is 0 Å². The Balaban J connectivity index is 1.46. The SMILES string of the molecule is Nc1ccc2c(c1)NCC(c1nc(-c3ccc4cc[nH]c4c3)cn3ccnc13)O2. The Morgan fingerprint density at radius 3 is 3.07 bits per heavy atom. The second-order valence-electron chi connectivity index (χ2n) is 7.19. The molecule has 1 aliphatic heterocycles. The van der Waals surface area contributed by atoms with Crippen molar-refractivity contribution < 1.29 is 4.74 Å². The first kappa shape index (κ1) is 16.0. The molecule has 3 aromatic heterocycles. The van der Waals surface area contributed by atoms with Crippen molar-refractivity contribution >= 4 is 27.9 Å². The van der Waals surface area contributed by atoms with Crippen molar-refractivity contribution in [2.75, 3.05) is 17.6 Å². The van der Waals surface area contributed by atoms with E-state index in [1.807, 2.05) is 41.2 Å². The number of hydrogen-bond acceptors (Lipinski definition) is 5. The molecule has 6 rings (SSSR count). The molecule has 0 radical (unpaired) electrons. The molecule has 0 bridgehead atoms. The zero-order valence-corrected chi connectivity index (χ0v) is 15.5. The van der Waals surface area contributed by atoms with Gasteiger partial charge in [0.05, 0.1) is 17.9 Å². The molecule has 1 aliphatic rings. The number of nitrogen functional groups attached to an aromatic ring is 1. The van der Waals surface area contributed by atoms with E-state index in [2.05, 4.69) is 39.6 Å². The van der Waals surface area contributed by atoms with Gasteiger partial charge in [0.2, 0.25) is 0 Å². The van der Waals surface area contributed by atoms with E-state index in [9.17, 15) is 0 Å². The van der Waals surface area contributed by atoms with Gasteiger partial charge in [-0.3, -0.25) is 0 Å². The van der Waals surface area contributed by atoms with Crippen LogP contribution in [0, 0.1) is 0 Å². The molecule has 0 fully saturated rings. The average Bonchev–Trinajstić information content (AvgIpc) is 3.41. The fourth-order valence-electron chi connectivity index (χ4n) is 3.86. The summed E-state index contributed by atoms with van der Waals surface area (Å²) in [6.45, 7) is 0.588. The van der Waals surface area contributed by atoms with Gasteiger partial charge in [0.15, 0.2) is 11.8 Å². The van der Waals surface area contributed by atoms with E-state index in [-0.39, 0.29) is 6.10 Å². The number of fused-ring (bicyclic) bond motifs is 3. The second-order valence-corrected chi connectivity index (χ2v) is 7.19. The molecule has 1 unspecified atom stereocenters. The van der Waals surface area contributed by atoms with Crippen molar-refractivity contribution in [3.8, 4) is 17.0 Å². The number of nitrogens with two attached hydrogens (primary N) is 1. The van der Waals surface area contributed by atoms with E-state index in [0.29, 0.717) is 12.2 Å². The van der Waals surface area contributed by atoms with Crippen LogP contribution in [-0.4, -0.2) is 25.9 Å². The van der Waals surface area contributed by atoms with E-state index in [1.54, 1.807) is 6.20 Å². The number of benzene rings is 2. The summed E-state index contributed by atoms with van der Waals surface area (Å²) in [6.07, 6.45) is 7.40. The molecule has 5 aromatic rings. The van der Waals surface area contributed by atoms with E-state index in [1.165, 1.54) is 5.39 Å². The van der Waals surface area contributed by atoms with Gasteiger partial charge in [0, 0.05) is 41.6 Å². The second kappa shape index (κ2) is 6.00. The Hall–Kier alpha value is -4.00. The zero-order chi connectivity index (χ0) is 19.4. The van der Waals surface area contributed by atoms with Crippen LogP contribution in [0.25, 0.3) is 27.8 Å². The van der Waals surface area contributed by atoms with Crippen LogP contribution in [0.2, 0.25) is 0 Å². The van der Waals surface area contributed by atoms with Crippen LogP contribution < -0.4 is 15.8 Å². The Morgan fingerprint density at radius 1 is 1.14 bits per heavy atom. The van der Waals surface area contributed by atoms with E-state index < -0.39 is 0 Å². The first-order valence-electron chi connectivity index (χ1n) is 9.46. The zero-order valence-electron chi connectivity index (χ0n) is 15.5. The molecule has 2 aromatic carbocycles. The molecule has 142 valence electrons. The lowest BCUT2D eigenvalue weighted by Crippen LogP contribution is -2.25. The molecular formula is C22H18N6O. The quantitative estimate of drug-likeness (QED) is 0.401. The van der Waals surface area contributed by atoms with Crippen molar-refractivity contribution in [1.82, 2.24) is 19.4 Å². The number of hydrogen-bond donors (Lipinski definition) is 3. The van der Waals surface area contributed by atoms with Crippen molar-refractivity contribution in [3.05, 3.63) is 72.9 Å². The summed E-state index contributed by atoms with van der Waals surface area (Å²) in [7, 11) is 0. The summed E-state index contributed by atoms with van der Waals surface area (Å²) >= 11 is 0. The summed E-state index contributed by atoms with van der Waals surface area (Å²) in [5.41, 5.74) is 12.1. The van der Waals surface area contributed by atoms with Gasteiger partial charge in [-0.25, -0.2) is 9.97 Å². The number of ether oxygens (including phenoxy) is 1. The fraction of sp³-hybridized carbons (Fsp3) is 0.0909. The predicted octanol–water partition coefficient (Wildman–Crippen LogP) is 4.01. The molecule has 7 heteroatoms. The van der Waals surface area contributed by atoms with Crippen LogP contribution >= 0.6 is 0 Å². The summed E-state index contributed by atoms with van der Waals surface area (Å²) in [5.74, 6) is 0.764. The van der Waals surface area contributed by atoms with E-state index in [4.69, 9.17) is 15.5 Å². The third-order valence-corrected chi connectivity index (χ3v) is 5.31. The van der Waals surface area contributed by atoms with Gasteiger partial charge >= 0.3 is 0 Å². The Bertz CT molecular complexity index is 1370.